The van der Waals surface area contributed by atoms with Gasteiger partial charge >= 0.3 is 5.97 Å². The van der Waals surface area contributed by atoms with E-state index in [1.54, 1.807) is 0 Å². The summed E-state index contributed by atoms with van der Waals surface area (Å²) in [6.07, 6.45) is 0.674. The van der Waals surface area contributed by atoms with Crippen LogP contribution in [0.5, 0.6) is 0 Å². The third-order valence-corrected chi connectivity index (χ3v) is 2.30. The van der Waals surface area contributed by atoms with Gasteiger partial charge in [-0.1, -0.05) is 11.6 Å². The van der Waals surface area contributed by atoms with E-state index in [0.29, 0.717) is 26.2 Å². The van der Waals surface area contributed by atoms with E-state index in [9.17, 15) is 4.79 Å². The van der Waals surface area contributed by atoms with Crippen molar-refractivity contribution in [3.8, 4) is 0 Å². The Bertz CT molecular complexity index is 401. The first-order valence-corrected chi connectivity index (χ1v) is 5.85. The average Bonchev–Trinajstić information content (AvgIpc) is 2.33. The fourth-order valence-corrected chi connectivity index (χ4v) is 1.44. The number of carboxylic acids is 1. The Labute approximate surface area is 110 Å². The lowest BCUT2D eigenvalue weighted by Crippen LogP contribution is -2.12. The quantitative estimate of drug-likeness (QED) is 0.488. The maximum atomic E-state index is 10.9. The standard InChI is InChI=1S/C11H15ClN2O4/c12-9-3-2-8(11(16)17)10(14-9)13-4-1-6-18-7-5-15/h2-3,15H,1,4-7H2,(H,13,14)(H,16,17). The zero-order chi connectivity index (χ0) is 13.4. The molecule has 0 amide bonds. The number of aromatic carboxylic acids is 1. The van der Waals surface area contributed by atoms with Gasteiger partial charge in [0.2, 0.25) is 0 Å². The summed E-state index contributed by atoms with van der Waals surface area (Å²) in [5.74, 6) is -0.810. The minimum absolute atomic E-state index is 0.00750. The van der Waals surface area contributed by atoms with Crippen LogP contribution in [0.15, 0.2) is 12.1 Å². The highest BCUT2D eigenvalue weighted by molar-refractivity contribution is 6.29. The number of aromatic nitrogens is 1. The Hall–Kier alpha value is -1.37. The van der Waals surface area contributed by atoms with Crippen LogP contribution in [-0.4, -0.2) is 47.5 Å². The lowest BCUT2D eigenvalue weighted by Gasteiger charge is -2.08. The van der Waals surface area contributed by atoms with E-state index >= 15 is 0 Å². The number of rotatable bonds is 8. The Balaban J connectivity index is 2.45. The van der Waals surface area contributed by atoms with E-state index in [4.69, 9.17) is 26.6 Å². The van der Waals surface area contributed by atoms with Crippen molar-refractivity contribution in [1.82, 2.24) is 4.98 Å². The van der Waals surface area contributed by atoms with Gasteiger partial charge in [0.15, 0.2) is 0 Å². The second kappa shape index (κ2) is 7.86. The summed E-state index contributed by atoms with van der Waals surface area (Å²) in [5.41, 5.74) is 0.0793. The van der Waals surface area contributed by atoms with Crippen LogP contribution in [0.1, 0.15) is 16.8 Å². The first-order chi connectivity index (χ1) is 8.65. The van der Waals surface area contributed by atoms with Crippen molar-refractivity contribution in [2.75, 3.05) is 31.7 Å². The molecule has 0 aliphatic carbocycles. The summed E-state index contributed by atoms with van der Waals surface area (Å²) in [5, 5.41) is 20.6. The fourth-order valence-electron chi connectivity index (χ4n) is 1.29. The highest BCUT2D eigenvalue weighted by atomic mass is 35.5. The van der Waals surface area contributed by atoms with Crippen LogP contribution in [0, 0.1) is 0 Å². The summed E-state index contributed by atoms with van der Waals surface area (Å²) in [6, 6.07) is 2.84. The Morgan fingerprint density at radius 2 is 2.22 bits per heavy atom. The highest BCUT2D eigenvalue weighted by Crippen LogP contribution is 2.16. The topological polar surface area (TPSA) is 91.7 Å². The lowest BCUT2D eigenvalue weighted by atomic mass is 10.2. The number of nitrogens with one attached hydrogen (secondary N) is 1. The van der Waals surface area contributed by atoms with Crippen LogP contribution in [-0.2, 0) is 4.74 Å². The number of anilines is 1. The normalized spacial score (nSPS) is 10.3. The molecule has 0 atom stereocenters. The molecule has 0 aliphatic rings. The number of carboxylic acid groups (broad SMARTS) is 1. The van der Waals surface area contributed by atoms with Crippen molar-refractivity contribution in [3.63, 3.8) is 0 Å². The molecular weight excluding hydrogens is 260 g/mol. The van der Waals surface area contributed by atoms with Crippen LogP contribution in [0.3, 0.4) is 0 Å². The van der Waals surface area contributed by atoms with Gasteiger partial charge in [-0.2, -0.15) is 0 Å². The van der Waals surface area contributed by atoms with Gasteiger partial charge in [-0.15, -0.1) is 0 Å². The second-order valence-electron chi connectivity index (χ2n) is 3.45. The molecule has 0 aliphatic heterocycles. The molecule has 0 fully saturated rings. The van der Waals surface area contributed by atoms with E-state index in [1.165, 1.54) is 12.1 Å². The van der Waals surface area contributed by atoms with Gasteiger partial charge in [-0.3, -0.25) is 0 Å². The van der Waals surface area contributed by atoms with Gasteiger partial charge in [-0.25, -0.2) is 9.78 Å². The largest absolute Gasteiger partial charge is 0.478 e. The van der Waals surface area contributed by atoms with Crippen LogP contribution in [0.4, 0.5) is 5.82 Å². The monoisotopic (exact) mass is 274 g/mol. The van der Waals surface area contributed by atoms with Gasteiger partial charge in [0.25, 0.3) is 0 Å². The summed E-state index contributed by atoms with van der Waals surface area (Å²) < 4.78 is 5.07. The molecule has 6 nitrogen and oxygen atoms in total. The van der Waals surface area contributed by atoms with Gasteiger partial charge in [0.05, 0.1) is 13.2 Å². The molecule has 1 rings (SSSR count). The first kappa shape index (κ1) is 14.7. The molecule has 0 saturated heterocycles. The molecule has 0 spiro atoms. The van der Waals surface area contributed by atoms with E-state index in [2.05, 4.69) is 10.3 Å². The van der Waals surface area contributed by atoms with Crippen molar-refractivity contribution < 1.29 is 19.7 Å². The summed E-state index contributed by atoms with van der Waals surface area (Å²) in [4.78, 5) is 14.9. The maximum Gasteiger partial charge on any atom is 0.339 e. The SMILES string of the molecule is O=C(O)c1ccc(Cl)nc1NCCCOCCO. The van der Waals surface area contributed by atoms with Crippen molar-refractivity contribution in [2.24, 2.45) is 0 Å². The number of ether oxygens (including phenoxy) is 1. The smallest absolute Gasteiger partial charge is 0.339 e. The van der Waals surface area contributed by atoms with Gasteiger partial charge < -0.3 is 20.3 Å². The van der Waals surface area contributed by atoms with Gasteiger partial charge in [0, 0.05) is 13.2 Å². The molecule has 1 heterocycles. The molecule has 0 unspecified atom stereocenters. The van der Waals surface area contributed by atoms with Gasteiger partial charge in [-0.05, 0) is 18.6 Å². The van der Waals surface area contributed by atoms with Crippen molar-refractivity contribution in [1.29, 1.82) is 0 Å². The zero-order valence-corrected chi connectivity index (χ0v) is 10.5. The number of aliphatic hydroxyl groups is 1. The fraction of sp³-hybridized carbons (Fsp3) is 0.455. The molecule has 0 saturated carbocycles. The van der Waals surface area contributed by atoms with Crippen molar-refractivity contribution >= 4 is 23.4 Å². The molecule has 100 valence electrons. The number of pyridine rings is 1. The zero-order valence-electron chi connectivity index (χ0n) is 9.73. The molecule has 0 radical (unpaired) electrons. The molecule has 0 bridgehead atoms. The molecule has 1 aromatic rings. The lowest BCUT2D eigenvalue weighted by molar-refractivity contribution is 0.0697. The number of nitrogens with zero attached hydrogens (tertiary/aromatic N) is 1. The highest BCUT2D eigenvalue weighted by Gasteiger charge is 2.11. The number of hydrogen-bond donors (Lipinski definition) is 3. The minimum Gasteiger partial charge on any atom is -0.478 e. The number of halogens is 1. The first-order valence-electron chi connectivity index (χ1n) is 5.47. The summed E-state index contributed by atoms with van der Waals surface area (Å²) >= 11 is 5.71. The number of hydrogen-bond acceptors (Lipinski definition) is 5. The molecule has 1 aromatic heterocycles. The van der Waals surface area contributed by atoms with E-state index in [0.717, 1.165) is 0 Å². The van der Waals surface area contributed by atoms with Crippen LogP contribution >= 0.6 is 11.6 Å². The van der Waals surface area contributed by atoms with Crippen LogP contribution in [0.25, 0.3) is 0 Å². The summed E-state index contributed by atoms with van der Waals surface area (Å²) in [6.45, 7) is 1.29. The van der Waals surface area contributed by atoms with E-state index in [1.807, 2.05) is 0 Å². The van der Waals surface area contributed by atoms with Crippen molar-refractivity contribution in [3.05, 3.63) is 22.8 Å². The van der Waals surface area contributed by atoms with Crippen molar-refractivity contribution in [2.45, 2.75) is 6.42 Å². The molecule has 3 N–H and O–H groups in total. The molecule has 7 heteroatoms. The molecule has 0 aromatic carbocycles. The third kappa shape index (κ3) is 4.87. The average molecular weight is 275 g/mol. The second-order valence-corrected chi connectivity index (χ2v) is 3.84. The van der Waals surface area contributed by atoms with E-state index in [-0.39, 0.29) is 23.1 Å². The number of aliphatic hydroxyl groups excluding tert-OH is 1. The Morgan fingerprint density at radius 3 is 2.89 bits per heavy atom. The Kier molecular flexibility index (Phi) is 6.42. The summed E-state index contributed by atoms with van der Waals surface area (Å²) in [7, 11) is 0. The predicted octanol–water partition coefficient (Wildman–Crippen LogP) is 1.24. The third-order valence-electron chi connectivity index (χ3n) is 2.09. The van der Waals surface area contributed by atoms with Crippen LogP contribution < -0.4 is 5.32 Å². The Morgan fingerprint density at radius 1 is 1.44 bits per heavy atom. The molecular formula is C11H15ClN2O4. The number of carbonyl (C=O) groups is 1. The molecule has 18 heavy (non-hydrogen) atoms. The van der Waals surface area contributed by atoms with E-state index < -0.39 is 5.97 Å². The maximum absolute atomic E-state index is 10.9. The van der Waals surface area contributed by atoms with Crippen LogP contribution in [0.2, 0.25) is 5.15 Å². The predicted molar refractivity (Wildman–Crippen MR) is 67.2 cm³/mol. The minimum atomic E-state index is -1.06. The van der Waals surface area contributed by atoms with Gasteiger partial charge in [0.1, 0.15) is 16.5 Å².